The lowest BCUT2D eigenvalue weighted by Crippen LogP contribution is -2.30. The normalized spacial score (nSPS) is 10.1. The van der Waals surface area contributed by atoms with E-state index in [1.54, 1.807) is 30.3 Å². The van der Waals surface area contributed by atoms with Gasteiger partial charge in [0.25, 0.3) is 0 Å². The van der Waals surface area contributed by atoms with Gasteiger partial charge in [0.05, 0.1) is 24.4 Å². The Kier molecular flexibility index (Phi) is 7.03. The molecule has 0 saturated carbocycles. The number of hydrogen-bond acceptors (Lipinski definition) is 3. The SMILES string of the molecule is COc1ccc(Cl)cc1NC(=O)NCCCOc1ccccc1Cl. The number of carbonyl (C=O) groups excluding carboxylic acids is 1. The number of ether oxygens (including phenoxy) is 2. The van der Waals surface area contributed by atoms with E-state index in [1.807, 2.05) is 12.1 Å². The Hall–Kier alpha value is -2.11. The van der Waals surface area contributed by atoms with Crippen molar-refractivity contribution in [3.05, 3.63) is 52.5 Å². The van der Waals surface area contributed by atoms with Crippen molar-refractivity contribution < 1.29 is 14.3 Å². The fourth-order valence-electron chi connectivity index (χ4n) is 1.96. The van der Waals surface area contributed by atoms with Crippen LogP contribution in [0.1, 0.15) is 6.42 Å². The van der Waals surface area contributed by atoms with Crippen molar-refractivity contribution in [1.29, 1.82) is 0 Å². The maximum atomic E-state index is 11.9. The summed E-state index contributed by atoms with van der Waals surface area (Å²) in [5.74, 6) is 1.17. The van der Waals surface area contributed by atoms with Crippen molar-refractivity contribution in [2.45, 2.75) is 6.42 Å². The summed E-state index contributed by atoms with van der Waals surface area (Å²) < 4.78 is 10.7. The van der Waals surface area contributed by atoms with Crippen LogP contribution < -0.4 is 20.1 Å². The Morgan fingerprint density at radius 1 is 1.12 bits per heavy atom. The van der Waals surface area contributed by atoms with Crippen LogP contribution in [0, 0.1) is 0 Å². The molecule has 0 spiro atoms. The number of carbonyl (C=O) groups is 1. The van der Waals surface area contributed by atoms with Gasteiger partial charge in [0.15, 0.2) is 0 Å². The summed E-state index contributed by atoms with van der Waals surface area (Å²) in [4.78, 5) is 11.9. The van der Waals surface area contributed by atoms with Gasteiger partial charge in [0.2, 0.25) is 0 Å². The first-order valence-corrected chi connectivity index (χ1v) is 8.11. The molecule has 5 nitrogen and oxygen atoms in total. The van der Waals surface area contributed by atoms with E-state index in [9.17, 15) is 4.79 Å². The number of hydrogen-bond donors (Lipinski definition) is 2. The van der Waals surface area contributed by atoms with Gasteiger partial charge in [-0.1, -0.05) is 35.3 Å². The molecule has 0 bridgehead atoms. The third kappa shape index (κ3) is 5.51. The smallest absolute Gasteiger partial charge is 0.319 e. The highest BCUT2D eigenvalue weighted by molar-refractivity contribution is 6.32. The minimum atomic E-state index is -0.340. The fourth-order valence-corrected chi connectivity index (χ4v) is 2.32. The molecule has 0 aliphatic heterocycles. The number of methoxy groups -OCH3 is 1. The van der Waals surface area contributed by atoms with Crippen LogP contribution >= 0.6 is 23.2 Å². The molecule has 0 aromatic heterocycles. The number of urea groups is 1. The van der Waals surface area contributed by atoms with Gasteiger partial charge >= 0.3 is 6.03 Å². The molecule has 0 atom stereocenters. The van der Waals surface area contributed by atoms with Crippen LogP contribution in [-0.2, 0) is 0 Å². The van der Waals surface area contributed by atoms with Crippen LogP contribution in [0.2, 0.25) is 10.0 Å². The number of benzene rings is 2. The van der Waals surface area contributed by atoms with Gasteiger partial charge < -0.3 is 20.1 Å². The monoisotopic (exact) mass is 368 g/mol. The zero-order chi connectivity index (χ0) is 17.4. The molecule has 0 unspecified atom stereocenters. The molecule has 2 aromatic carbocycles. The number of nitrogens with one attached hydrogen (secondary N) is 2. The van der Waals surface area contributed by atoms with Crippen molar-refractivity contribution >= 4 is 34.9 Å². The molecule has 2 rings (SSSR count). The number of para-hydroxylation sites is 1. The third-order valence-electron chi connectivity index (χ3n) is 3.11. The number of amides is 2. The molecule has 7 heteroatoms. The lowest BCUT2D eigenvalue weighted by atomic mass is 10.3. The van der Waals surface area contributed by atoms with Crippen molar-refractivity contribution in [2.75, 3.05) is 25.6 Å². The Morgan fingerprint density at radius 2 is 1.92 bits per heavy atom. The maximum absolute atomic E-state index is 11.9. The Labute approximate surface area is 150 Å². The minimum absolute atomic E-state index is 0.340. The second-order valence-electron chi connectivity index (χ2n) is 4.86. The van der Waals surface area contributed by atoms with E-state index in [0.717, 1.165) is 0 Å². The molecular formula is C17H18Cl2N2O3. The van der Waals surface area contributed by atoms with E-state index in [0.29, 0.717) is 46.8 Å². The average Bonchev–Trinajstić information content (AvgIpc) is 2.56. The van der Waals surface area contributed by atoms with Crippen LogP contribution in [0.15, 0.2) is 42.5 Å². The van der Waals surface area contributed by atoms with Gasteiger partial charge in [0.1, 0.15) is 11.5 Å². The van der Waals surface area contributed by atoms with Crippen LogP contribution in [0.25, 0.3) is 0 Å². The van der Waals surface area contributed by atoms with Crippen LogP contribution in [0.5, 0.6) is 11.5 Å². The highest BCUT2D eigenvalue weighted by Gasteiger charge is 2.07. The van der Waals surface area contributed by atoms with Crippen LogP contribution in [0.4, 0.5) is 10.5 Å². The lowest BCUT2D eigenvalue weighted by molar-refractivity contribution is 0.250. The summed E-state index contributed by atoms with van der Waals surface area (Å²) in [5.41, 5.74) is 0.509. The van der Waals surface area contributed by atoms with Gasteiger partial charge in [-0.15, -0.1) is 0 Å². The average molecular weight is 369 g/mol. The van der Waals surface area contributed by atoms with Crippen LogP contribution in [-0.4, -0.2) is 26.3 Å². The van der Waals surface area contributed by atoms with Gasteiger partial charge in [-0.2, -0.15) is 0 Å². The molecule has 128 valence electrons. The molecule has 0 radical (unpaired) electrons. The topological polar surface area (TPSA) is 59.6 Å². The lowest BCUT2D eigenvalue weighted by Gasteiger charge is -2.12. The number of rotatable bonds is 7. The number of anilines is 1. The van der Waals surface area contributed by atoms with Gasteiger partial charge in [-0.05, 0) is 36.8 Å². The fraction of sp³-hybridized carbons (Fsp3) is 0.235. The maximum Gasteiger partial charge on any atom is 0.319 e. The second kappa shape index (κ2) is 9.25. The van der Waals surface area contributed by atoms with Crippen molar-refractivity contribution in [1.82, 2.24) is 5.32 Å². The number of halogens is 2. The third-order valence-corrected chi connectivity index (χ3v) is 3.66. The van der Waals surface area contributed by atoms with E-state index in [2.05, 4.69) is 10.6 Å². The molecule has 0 aliphatic carbocycles. The van der Waals surface area contributed by atoms with Crippen molar-refractivity contribution in [2.24, 2.45) is 0 Å². The zero-order valence-electron chi connectivity index (χ0n) is 13.1. The van der Waals surface area contributed by atoms with Crippen molar-refractivity contribution in [3.63, 3.8) is 0 Å². The first-order chi connectivity index (χ1) is 11.6. The summed E-state index contributed by atoms with van der Waals surface area (Å²) in [6, 6.07) is 11.9. The summed E-state index contributed by atoms with van der Waals surface area (Å²) >= 11 is 11.9. The molecule has 0 saturated heterocycles. The zero-order valence-corrected chi connectivity index (χ0v) is 14.7. The van der Waals surface area contributed by atoms with E-state index in [4.69, 9.17) is 32.7 Å². The summed E-state index contributed by atoms with van der Waals surface area (Å²) in [6.45, 7) is 0.906. The van der Waals surface area contributed by atoms with Gasteiger partial charge in [0, 0.05) is 11.6 Å². The van der Waals surface area contributed by atoms with E-state index < -0.39 is 0 Å². The summed E-state index contributed by atoms with van der Waals surface area (Å²) in [7, 11) is 1.53. The van der Waals surface area contributed by atoms with E-state index in [1.165, 1.54) is 7.11 Å². The first-order valence-electron chi connectivity index (χ1n) is 7.36. The Balaban J connectivity index is 1.72. The highest BCUT2D eigenvalue weighted by atomic mass is 35.5. The second-order valence-corrected chi connectivity index (χ2v) is 5.70. The van der Waals surface area contributed by atoms with Crippen molar-refractivity contribution in [3.8, 4) is 11.5 Å². The first kappa shape index (κ1) is 18.2. The van der Waals surface area contributed by atoms with E-state index in [-0.39, 0.29) is 6.03 Å². The highest BCUT2D eigenvalue weighted by Crippen LogP contribution is 2.27. The summed E-state index contributed by atoms with van der Waals surface area (Å²) in [5, 5.41) is 6.52. The Bertz CT molecular complexity index is 695. The predicted molar refractivity (Wildman–Crippen MR) is 96.6 cm³/mol. The molecular weight excluding hydrogens is 351 g/mol. The van der Waals surface area contributed by atoms with Crippen LogP contribution in [0.3, 0.4) is 0 Å². The molecule has 2 N–H and O–H groups in total. The quantitative estimate of drug-likeness (QED) is 0.702. The predicted octanol–water partition coefficient (Wildman–Crippen LogP) is 4.59. The van der Waals surface area contributed by atoms with Gasteiger partial charge in [-0.25, -0.2) is 4.79 Å². The largest absolute Gasteiger partial charge is 0.495 e. The summed E-state index contributed by atoms with van der Waals surface area (Å²) in [6.07, 6.45) is 0.644. The molecule has 2 amide bonds. The molecule has 0 fully saturated rings. The van der Waals surface area contributed by atoms with E-state index >= 15 is 0 Å². The standard InChI is InChI=1S/C17H18Cl2N2O3/c1-23-16-8-7-12(18)11-14(16)21-17(22)20-9-4-10-24-15-6-3-2-5-13(15)19/h2-3,5-8,11H,4,9-10H2,1H3,(H2,20,21,22). The molecule has 2 aromatic rings. The molecule has 0 heterocycles. The molecule has 0 aliphatic rings. The Morgan fingerprint density at radius 3 is 2.67 bits per heavy atom. The van der Waals surface area contributed by atoms with Gasteiger partial charge in [-0.3, -0.25) is 0 Å². The molecule has 24 heavy (non-hydrogen) atoms. The minimum Gasteiger partial charge on any atom is -0.495 e.